The van der Waals surface area contributed by atoms with Crippen molar-refractivity contribution in [1.82, 2.24) is 0 Å². The monoisotopic (exact) mass is 250 g/mol. The van der Waals surface area contributed by atoms with Gasteiger partial charge in [0.05, 0.1) is 18.8 Å². The Bertz CT molecular complexity index is 487. The zero-order valence-corrected chi connectivity index (χ0v) is 9.97. The maximum Gasteiger partial charge on any atom is 0.323 e. The van der Waals surface area contributed by atoms with Crippen LogP contribution in [-0.4, -0.2) is 36.7 Å². The van der Waals surface area contributed by atoms with Crippen molar-refractivity contribution >= 4 is 23.3 Å². The molecule has 0 fully saturated rings. The van der Waals surface area contributed by atoms with Gasteiger partial charge < -0.3 is 20.1 Å². The van der Waals surface area contributed by atoms with Gasteiger partial charge in [-0.25, -0.2) is 0 Å². The van der Waals surface area contributed by atoms with Crippen LogP contribution in [0.25, 0.3) is 0 Å². The first kappa shape index (κ1) is 12.2. The summed E-state index contributed by atoms with van der Waals surface area (Å²) in [5.74, 6) is -0.660. The van der Waals surface area contributed by atoms with Gasteiger partial charge in [0, 0.05) is 0 Å². The van der Waals surface area contributed by atoms with E-state index in [0.29, 0.717) is 23.7 Å². The molecule has 0 atom stereocenters. The zero-order chi connectivity index (χ0) is 13.1. The number of anilines is 2. The van der Waals surface area contributed by atoms with Crippen molar-refractivity contribution in [3.8, 4) is 5.75 Å². The molecule has 0 saturated carbocycles. The average Bonchev–Trinajstić information content (AvgIpc) is 2.29. The van der Waals surface area contributed by atoms with Crippen molar-refractivity contribution in [2.75, 3.05) is 29.9 Å². The second-order valence-corrected chi connectivity index (χ2v) is 3.88. The van der Waals surface area contributed by atoms with Gasteiger partial charge in [0.1, 0.15) is 18.0 Å². The fraction of sp³-hybridized carbons (Fsp3) is 0.333. The van der Waals surface area contributed by atoms with Gasteiger partial charge in [0.25, 0.3) is 0 Å². The maximum atomic E-state index is 11.6. The first-order valence-corrected chi connectivity index (χ1v) is 5.64. The molecular formula is C12H14N2O4. The number of carboxylic acid groups (broad SMARTS) is 1. The predicted molar refractivity (Wildman–Crippen MR) is 66.1 cm³/mol. The van der Waals surface area contributed by atoms with E-state index >= 15 is 0 Å². The highest BCUT2D eigenvalue weighted by atomic mass is 16.5. The highest BCUT2D eigenvalue weighted by molar-refractivity contribution is 6.03. The Labute approximate surface area is 104 Å². The van der Waals surface area contributed by atoms with Crippen LogP contribution in [0, 0.1) is 0 Å². The fourth-order valence-corrected chi connectivity index (χ4v) is 1.93. The number of fused-ring (bicyclic) bond motifs is 1. The number of carbonyl (C=O) groups excluding carboxylic acids is 1. The third-order valence-electron chi connectivity index (χ3n) is 2.57. The number of nitrogens with one attached hydrogen (secondary N) is 1. The van der Waals surface area contributed by atoms with E-state index in [4.69, 9.17) is 9.84 Å². The smallest absolute Gasteiger partial charge is 0.323 e. The molecule has 2 rings (SSSR count). The first-order valence-electron chi connectivity index (χ1n) is 5.64. The number of carboxylic acids is 1. The van der Waals surface area contributed by atoms with Crippen LogP contribution < -0.4 is 15.0 Å². The summed E-state index contributed by atoms with van der Waals surface area (Å²) in [6, 6.07) is 5.28. The Kier molecular flexibility index (Phi) is 3.36. The minimum Gasteiger partial charge on any atom is -0.492 e. The van der Waals surface area contributed by atoms with Crippen LogP contribution in [0.3, 0.4) is 0 Å². The third kappa shape index (κ3) is 2.37. The van der Waals surface area contributed by atoms with E-state index in [1.165, 1.54) is 4.90 Å². The van der Waals surface area contributed by atoms with Gasteiger partial charge in [0.2, 0.25) is 5.91 Å². The van der Waals surface area contributed by atoms with Crippen LogP contribution in [-0.2, 0) is 9.59 Å². The Hall–Kier alpha value is -2.24. The molecule has 6 nitrogen and oxygen atoms in total. The van der Waals surface area contributed by atoms with Crippen LogP contribution in [0.15, 0.2) is 18.2 Å². The molecule has 1 aromatic rings. The maximum absolute atomic E-state index is 11.6. The number of carbonyl (C=O) groups is 2. The van der Waals surface area contributed by atoms with Crippen LogP contribution in [0.1, 0.15) is 6.92 Å². The second-order valence-electron chi connectivity index (χ2n) is 3.88. The quantitative estimate of drug-likeness (QED) is 0.831. The molecule has 0 bridgehead atoms. The molecule has 1 aliphatic rings. The summed E-state index contributed by atoms with van der Waals surface area (Å²) >= 11 is 0. The number of rotatable bonds is 4. The third-order valence-corrected chi connectivity index (χ3v) is 2.57. The van der Waals surface area contributed by atoms with Crippen LogP contribution >= 0.6 is 0 Å². The molecule has 0 unspecified atom stereocenters. The van der Waals surface area contributed by atoms with Crippen molar-refractivity contribution in [1.29, 1.82) is 0 Å². The molecule has 2 N–H and O–H groups in total. The highest BCUT2D eigenvalue weighted by Crippen LogP contribution is 2.37. The van der Waals surface area contributed by atoms with Gasteiger partial charge in [-0.3, -0.25) is 9.59 Å². The molecule has 0 radical (unpaired) electrons. The number of para-hydroxylation sites is 1. The molecule has 6 heteroatoms. The summed E-state index contributed by atoms with van der Waals surface area (Å²) in [6.07, 6.45) is 0. The average molecular weight is 250 g/mol. The molecule has 0 aromatic heterocycles. The normalized spacial score (nSPS) is 13.8. The number of amides is 1. The van der Waals surface area contributed by atoms with Crippen LogP contribution in [0.2, 0.25) is 0 Å². The molecule has 0 spiro atoms. The minimum absolute atomic E-state index is 0.0366. The number of benzene rings is 1. The van der Waals surface area contributed by atoms with Crippen LogP contribution in [0.5, 0.6) is 5.75 Å². The summed E-state index contributed by atoms with van der Waals surface area (Å²) in [6.45, 7) is 2.15. The van der Waals surface area contributed by atoms with Gasteiger partial charge in [0.15, 0.2) is 0 Å². The van der Waals surface area contributed by atoms with Crippen molar-refractivity contribution < 1.29 is 19.4 Å². The van der Waals surface area contributed by atoms with E-state index in [0.717, 1.165) is 0 Å². The highest BCUT2D eigenvalue weighted by Gasteiger charge is 2.25. The molecule has 1 aromatic carbocycles. The molecule has 1 heterocycles. The van der Waals surface area contributed by atoms with Gasteiger partial charge in [-0.1, -0.05) is 6.07 Å². The molecular weight excluding hydrogens is 236 g/mol. The summed E-state index contributed by atoms with van der Waals surface area (Å²) < 4.78 is 5.42. The summed E-state index contributed by atoms with van der Waals surface area (Å²) in [4.78, 5) is 23.9. The first-order chi connectivity index (χ1) is 8.61. The number of hydrogen-bond acceptors (Lipinski definition) is 4. The SMILES string of the molecule is CCOc1cccc2c1NC(=O)CN2CC(=O)O. The molecule has 1 amide bonds. The van der Waals surface area contributed by atoms with E-state index in [2.05, 4.69) is 5.32 Å². The number of nitrogens with zero attached hydrogens (tertiary/aromatic N) is 1. The lowest BCUT2D eigenvalue weighted by Crippen LogP contribution is -2.41. The lowest BCUT2D eigenvalue weighted by atomic mass is 10.1. The topological polar surface area (TPSA) is 78.9 Å². The van der Waals surface area contributed by atoms with Gasteiger partial charge >= 0.3 is 5.97 Å². The number of aliphatic carboxylic acids is 1. The van der Waals surface area contributed by atoms with Crippen molar-refractivity contribution in [3.63, 3.8) is 0 Å². The molecule has 0 saturated heterocycles. The fourth-order valence-electron chi connectivity index (χ4n) is 1.93. The second kappa shape index (κ2) is 4.95. The minimum atomic E-state index is -0.975. The van der Waals surface area contributed by atoms with E-state index < -0.39 is 5.97 Å². The molecule has 96 valence electrons. The lowest BCUT2D eigenvalue weighted by Gasteiger charge is -2.30. The van der Waals surface area contributed by atoms with Crippen LogP contribution in [0.4, 0.5) is 11.4 Å². The van der Waals surface area contributed by atoms with Gasteiger partial charge in [-0.05, 0) is 19.1 Å². The predicted octanol–water partition coefficient (Wildman–Crippen LogP) is 0.928. The van der Waals surface area contributed by atoms with Crippen molar-refractivity contribution in [2.45, 2.75) is 6.92 Å². The Balaban J connectivity index is 2.39. The molecule has 18 heavy (non-hydrogen) atoms. The summed E-state index contributed by atoms with van der Waals surface area (Å²) in [5.41, 5.74) is 1.21. The largest absolute Gasteiger partial charge is 0.492 e. The van der Waals surface area contributed by atoms with E-state index in [-0.39, 0.29) is 19.0 Å². The van der Waals surface area contributed by atoms with Gasteiger partial charge in [-0.2, -0.15) is 0 Å². The number of hydrogen-bond donors (Lipinski definition) is 2. The Morgan fingerprint density at radius 2 is 2.33 bits per heavy atom. The Morgan fingerprint density at radius 1 is 1.56 bits per heavy atom. The van der Waals surface area contributed by atoms with Gasteiger partial charge in [-0.15, -0.1) is 0 Å². The zero-order valence-electron chi connectivity index (χ0n) is 9.97. The summed E-state index contributed by atoms with van der Waals surface area (Å²) in [5, 5.41) is 11.6. The number of ether oxygens (including phenoxy) is 1. The van der Waals surface area contributed by atoms with E-state index in [1.807, 2.05) is 6.92 Å². The van der Waals surface area contributed by atoms with E-state index in [9.17, 15) is 9.59 Å². The molecule has 0 aliphatic carbocycles. The molecule has 1 aliphatic heterocycles. The van der Waals surface area contributed by atoms with Crippen molar-refractivity contribution in [3.05, 3.63) is 18.2 Å². The Morgan fingerprint density at radius 3 is 3.00 bits per heavy atom. The van der Waals surface area contributed by atoms with Crippen molar-refractivity contribution in [2.24, 2.45) is 0 Å². The summed E-state index contributed by atoms with van der Waals surface area (Å²) in [7, 11) is 0. The standard InChI is InChI=1S/C12H14N2O4/c1-2-18-9-5-3-4-8-12(9)13-10(15)6-14(8)7-11(16)17/h3-5H,2,6-7H2,1H3,(H,13,15)(H,16,17). The van der Waals surface area contributed by atoms with E-state index in [1.54, 1.807) is 18.2 Å². The lowest BCUT2D eigenvalue weighted by molar-refractivity contribution is -0.135.